The van der Waals surface area contributed by atoms with Gasteiger partial charge in [0.15, 0.2) is 0 Å². The molecular formula is C15H17ClN2O. The van der Waals surface area contributed by atoms with E-state index in [1.807, 2.05) is 30.3 Å². The Hall–Kier alpha value is -1.71. The van der Waals surface area contributed by atoms with Crippen LogP contribution in [0.5, 0.6) is 0 Å². The van der Waals surface area contributed by atoms with E-state index in [2.05, 4.69) is 5.32 Å². The second kappa shape index (κ2) is 6.45. The fourth-order valence-electron chi connectivity index (χ4n) is 1.93. The second-order valence-electron chi connectivity index (χ2n) is 4.45. The highest BCUT2D eigenvalue weighted by Gasteiger charge is 2.10. The van der Waals surface area contributed by atoms with Crippen molar-refractivity contribution in [1.82, 2.24) is 0 Å². The minimum atomic E-state index is -0.0943. The predicted octanol–water partition coefficient (Wildman–Crippen LogP) is 2.94. The van der Waals surface area contributed by atoms with Gasteiger partial charge in [-0.2, -0.15) is 0 Å². The molecule has 0 heterocycles. The molecule has 2 aromatic rings. The quantitative estimate of drug-likeness (QED) is 0.736. The van der Waals surface area contributed by atoms with Crippen molar-refractivity contribution in [1.29, 1.82) is 0 Å². The maximum absolute atomic E-state index is 9.47. The largest absolute Gasteiger partial charge is 0.397 e. The summed E-state index contributed by atoms with van der Waals surface area (Å²) in [6.45, 7) is 0.0286. The third-order valence-corrected chi connectivity index (χ3v) is 3.16. The van der Waals surface area contributed by atoms with E-state index in [0.717, 1.165) is 17.7 Å². The molecule has 2 rings (SSSR count). The maximum Gasteiger partial charge on any atom is 0.0636 e. The van der Waals surface area contributed by atoms with Crippen LogP contribution >= 0.6 is 11.6 Å². The van der Waals surface area contributed by atoms with E-state index in [1.165, 1.54) is 0 Å². The van der Waals surface area contributed by atoms with Gasteiger partial charge < -0.3 is 16.2 Å². The topological polar surface area (TPSA) is 58.3 Å². The molecule has 100 valence electrons. The maximum atomic E-state index is 9.47. The molecule has 3 nitrogen and oxygen atoms in total. The molecule has 1 unspecified atom stereocenters. The summed E-state index contributed by atoms with van der Waals surface area (Å²) in [6.07, 6.45) is 0.725. The highest BCUT2D eigenvalue weighted by atomic mass is 35.5. The van der Waals surface area contributed by atoms with Gasteiger partial charge in [-0.1, -0.05) is 41.9 Å². The summed E-state index contributed by atoms with van der Waals surface area (Å²) in [5, 5.41) is 13.3. The molecule has 1 atom stereocenters. The van der Waals surface area contributed by atoms with Crippen LogP contribution in [-0.2, 0) is 6.42 Å². The van der Waals surface area contributed by atoms with Crippen LogP contribution < -0.4 is 11.1 Å². The standard InChI is InChI=1S/C15H17ClN2O/c16-12-6-7-14(17)15(9-12)18-13(10-19)8-11-4-2-1-3-5-11/h1-7,9,13,18-19H,8,10,17H2. The molecular weight excluding hydrogens is 260 g/mol. The number of halogens is 1. The van der Waals surface area contributed by atoms with Gasteiger partial charge in [-0.25, -0.2) is 0 Å². The molecule has 19 heavy (non-hydrogen) atoms. The SMILES string of the molecule is Nc1ccc(Cl)cc1NC(CO)Cc1ccccc1. The van der Waals surface area contributed by atoms with E-state index < -0.39 is 0 Å². The number of aliphatic hydroxyl groups excluding tert-OH is 1. The van der Waals surface area contributed by atoms with Crippen molar-refractivity contribution in [2.45, 2.75) is 12.5 Å². The first-order valence-electron chi connectivity index (χ1n) is 6.15. The molecule has 0 fully saturated rings. The number of hydrogen-bond donors (Lipinski definition) is 3. The Bertz CT molecular complexity index is 531. The van der Waals surface area contributed by atoms with Crippen LogP contribution in [0.1, 0.15) is 5.56 Å². The molecule has 0 aliphatic carbocycles. The van der Waals surface area contributed by atoms with Crippen LogP contribution in [0.4, 0.5) is 11.4 Å². The fraction of sp³-hybridized carbons (Fsp3) is 0.200. The van der Waals surface area contributed by atoms with E-state index in [0.29, 0.717) is 10.7 Å². The second-order valence-corrected chi connectivity index (χ2v) is 4.88. The minimum absolute atomic E-state index is 0.0286. The Morgan fingerprint density at radius 2 is 1.89 bits per heavy atom. The van der Waals surface area contributed by atoms with Crippen LogP contribution in [0, 0.1) is 0 Å². The zero-order valence-corrected chi connectivity index (χ0v) is 11.3. The van der Waals surface area contributed by atoms with E-state index in [1.54, 1.807) is 18.2 Å². The number of nitrogens with one attached hydrogen (secondary N) is 1. The number of anilines is 2. The molecule has 0 radical (unpaired) electrons. The van der Waals surface area contributed by atoms with E-state index >= 15 is 0 Å². The van der Waals surface area contributed by atoms with Crippen LogP contribution in [0.2, 0.25) is 5.02 Å². The Morgan fingerprint density at radius 1 is 1.16 bits per heavy atom. The average molecular weight is 277 g/mol. The zero-order valence-electron chi connectivity index (χ0n) is 10.5. The average Bonchev–Trinajstić information content (AvgIpc) is 2.43. The van der Waals surface area contributed by atoms with Gasteiger partial charge in [0.1, 0.15) is 0 Å². The van der Waals surface area contributed by atoms with E-state index in [4.69, 9.17) is 17.3 Å². The van der Waals surface area contributed by atoms with Gasteiger partial charge in [-0.15, -0.1) is 0 Å². The summed E-state index contributed by atoms with van der Waals surface area (Å²) in [4.78, 5) is 0. The molecule has 0 saturated carbocycles. The number of aliphatic hydroxyl groups is 1. The molecule has 0 aliphatic rings. The third-order valence-electron chi connectivity index (χ3n) is 2.92. The Balaban J connectivity index is 2.09. The normalized spacial score (nSPS) is 12.1. The lowest BCUT2D eigenvalue weighted by Crippen LogP contribution is -2.26. The number of rotatable bonds is 5. The Kier molecular flexibility index (Phi) is 4.66. The smallest absolute Gasteiger partial charge is 0.0636 e. The van der Waals surface area contributed by atoms with Crippen molar-refractivity contribution >= 4 is 23.0 Å². The first kappa shape index (κ1) is 13.7. The van der Waals surface area contributed by atoms with Gasteiger partial charge in [0.25, 0.3) is 0 Å². The summed E-state index contributed by atoms with van der Waals surface area (Å²) in [7, 11) is 0. The van der Waals surface area contributed by atoms with Crippen molar-refractivity contribution in [2.24, 2.45) is 0 Å². The Labute approximate surface area is 118 Å². The van der Waals surface area contributed by atoms with Gasteiger partial charge in [-0.3, -0.25) is 0 Å². The minimum Gasteiger partial charge on any atom is -0.397 e. The van der Waals surface area contributed by atoms with Crippen LogP contribution in [0.25, 0.3) is 0 Å². The monoisotopic (exact) mass is 276 g/mol. The lowest BCUT2D eigenvalue weighted by molar-refractivity contribution is 0.274. The molecule has 4 heteroatoms. The predicted molar refractivity (Wildman–Crippen MR) is 80.5 cm³/mol. The fourth-order valence-corrected chi connectivity index (χ4v) is 2.11. The zero-order chi connectivity index (χ0) is 13.7. The van der Waals surface area contributed by atoms with Crippen molar-refractivity contribution < 1.29 is 5.11 Å². The van der Waals surface area contributed by atoms with Gasteiger partial charge in [0, 0.05) is 5.02 Å². The summed E-state index contributed by atoms with van der Waals surface area (Å²) < 4.78 is 0. The highest BCUT2D eigenvalue weighted by Crippen LogP contribution is 2.24. The summed E-state index contributed by atoms with van der Waals surface area (Å²) in [6, 6.07) is 15.2. The highest BCUT2D eigenvalue weighted by molar-refractivity contribution is 6.31. The summed E-state index contributed by atoms with van der Waals surface area (Å²) in [5.41, 5.74) is 8.42. The first-order valence-corrected chi connectivity index (χ1v) is 6.53. The lowest BCUT2D eigenvalue weighted by atomic mass is 10.1. The number of hydrogen-bond acceptors (Lipinski definition) is 3. The molecule has 2 aromatic carbocycles. The van der Waals surface area contributed by atoms with Crippen molar-refractivity contribution in [3.63, 3.8) is 0 Å². The van der Waals surface area contributed by atoms with Crippen molar-refractivity contribution in [3.05, 3.63) is 59.1 Å². The van der Waals surface area contributed by atoms with Gasteiger partial charge in [0.05, 0.1) is 24.0 Å². The third kappa shape index (κ3) is 3.88. The van der Waals surface area contributed by atoms with Gasteiger partial charge in [-0.05, 0) is 30.2 Å². The van der Waals surface area contributed by atoms with Crippen molar-refractivity contribution in [2.75, 3.05) is 17.7 Å². The van der Waals surface area contributed by atoms with Crippen LogP contribution in [-0.4, -0.2) is 17.8 Å². The Morgan fingerprint density at radius 3 is 2.58 bits per heavy atom. The summed E-state index contributed by atoms with van der Waals surface area (Å²) >= 11 is 5.95. The molecule has 0 spiro atoms. The first-order chi connectivity index (χ1) is 9.19. The van der Waals surface area contributed by atoms with E-state index in [-0.39, 0.29) is 12.6 Å². The molecule has 0 bridgehead atoms. The van der Waals surface area contributed by atoms with Crippen molar-refractivity contribution in [3.8, 4) is 0 Å². The number of nitrogen functional groups attached to an aromatic ring is 1. The van der Waals surface area contributed by atoms with Gasteiger partial charge in [0.2, 0.25) is 0 Å². The van der Waals surface area contributed by atoms with E-state index in [9.17, 15) is 5.11 Å². The number of nitrogens with two attached hydrogens (primary N) is 1. The molecule has 0 aromatic heterocycles. The van der Waals surface area contributed by atoms with Gasteiger partial charge >= 0.3 is 0 Å². The molecule has 0 aliphatic heterocycles. The van der Waals surface area contributed by atoms with Crippen LogP contribution in [0.15, 0.2) is 48.5 Å². The molecule has 0 amide bonds. The van der Waals surface area contributed by atoms with Crippen LogP contribution in [0.3, 0.4) is 0 Å². The lowest BCUT2D eigenvalue weighted by Gasteiger charge is -2.19. The molecule has 4 N–H and O–H groups in total. The molecule has 0 saturated heterocycles. The summed E-state index contributed by atoms with van der Waals surface area (Å²) in [5.74, 6) is 0. The number of benzene rings is 2.